The molecule has 1 aliphatic carbocycles. The predicted octanol–water partition coefficient (Wildman–Crippen LogP) is 11.2. The van der Waals surface area contributed by atoms with Crippen LogP contribution in [0.4, 0.5) is 0 Å². The quantitative estimate of drug-likeness (QED) is 0.102. The van der Waals surface area contributed by atoms with Crippen LogP contribution >= 0.6 is 0 Å². The minimum absolute atomic E-state index is 0.0690. The highest BCUT2D eigenvalue weighted by molar-refractivity contribution is 5.87. The van der Waals surface area contributed by atoms with Gasteiger partial charge in [0.2, 0.25) is 0 Å². The van der Waals surface area contributed by atoms with E-state index in [2.05, 4.69) is 182 Å². The summed E-state index contributed by atoms with van der Waals surface area (Å²) in [5.74, 6) is 1.53. The van der Waals surface area contributed by atoms with E-state index in [9.17, 15) is 10.2 Å². The summed E-state index contributed by atoms with van der Waals surface area (Å²) in [7, 11) is 0. The van der Waals surface area contributed by atoms with Gasteiger partial charge >= 0.3 is 0 Å². The first-order chi connectivity index (χ1) is 30.1. The molecule has 0 aliphatic heterocycles. The fourth-order valence-corrected chi connectivity index (χ4v) is 9.22. The highest BCUT2D eigenvalue weighted by atomic mass is 16.5. The van der Waals surface area contributed by atoms with E-state index in [0.717, 1.165) is 46.6 Å². The Morgan fingerprint density at radius 1 is 0.344 bits per heavy atom. The van der Waals surface area contributed by atoms with Crippen LogP contribution in [0.3, 0.4) is 0 Å². The predicted molar refractivity (Wildman–Crippen MR) is 246 cm³/mol. The van der Waals surface area contributed by atoms with Crippen molar-refractivity contribution >= 4 is 0 Å². The highest BCUT2D eigenvalue weighted by Gasteiger charge is 2.47. The van der Waals surface area contributed by atoms with Crippen molar-refractivity contribution in [2.75, 3.05) is 26.4 Å². The number of hydrogen-bond acceptors (Lipinski definition) is 4. The van der Waals surface area contributed by atoms with Crippen molar-refractivity contribution in [3.05, 3.63) is 261 Å². The summed E-state index contributed by atoms with van der Waals surface area (Å²) in [5, 5.41) is 19.7. The lowest BCUT2D eigenvalue weighted by Crippen LogP contribution is -2.29. The van der Waals surface area contributed by atoms with E-state index in [1.165, 1.54) is 55.6 Å². The third-order valence-electron chi connectivity index (χ3n) is 11.9. The fourth-order valence-electron chi connectivity index (χ4n) is 9.22. The molecule has 2 N–H and O–H groups in total. The Morgan fingerprint density at radius 3 is 1.07 bits per heavy atom. The van der Waals surface area contributed by atoms with Crippen LogP contribution in [0.25, 0.3) is 11.1 Å². The van der Waals surface area contributed by atoms with E-state index in [1.54, 1.807) is 0 Å². The highest BCUT2D eigenvalue weighted by Crippen LogP contribution is 2.57. The van der Waals surface area contributed by atoms with Crippen molar-refractivity contribution < 1.29 is 19.7 Å². The molecule has 8 aromatic rings. The maximum absolute atomic E-state index is 9.87. The molecule has 0 amide bonds. The van der Waals surface area contributed by atoms with Crippen molar-refractivity contribution in [1.82, 2.24) is 0 Å². The number of rotatable bonds is 16. The Balaban J connectivity index is 1.33. The first kappa shape index (κ1) is 39.7. The normalized spacial score (nSPS) is 12.4. The first-order valence-electron chi connectivity index (χ1n) is 21.3. The van der Waals surface area contributed by atoms with Gasteiger partial charge in [0.1, 0.15) is 24.7 Å². The summed E-state index contributed by atoms with van der Waals surface area (Å²) in [6, 6.07) is 70.0. The van der Waals surface area contributed by atoms with Crippen LogP contribution in [-0.4, -0.2) is 36.6 Å². The molecule has 4 heteroatoms. The molecule has 0 bridgehead atoms. The zero-order valence-corrected chi connectivity index (χ0v) is 34.3. The van der Waals surface area contributed by atoms with Gasteiger partial charge in [0, 0.05) is 12.8 Å². The number of benzene rings is 8. The zero-order chi connectivity index (χ0) is 41.4. The number of aliphatic hydroxyl groups excluding tert-OH is 2. The molecule has 0 unspecified atom stereocenters. The van der Waals surface area contributed by atoms with Gasteiger partial charge in [-0.1, -0.05) is 182 Å². The maximum Gasteiger partial charge on any atom is 0.122 e. The van der Waals surface area contributed by atoms with Gasteiger partial charge in [-0.05, 0) is 103 Å². The number of fused-ring (bicyclic) bond motifs is 3. The largest absolute Gasteiger partial charge is 0.491 e. The summed E-state index contributed by atoms with van der Waals surface area (Å²) in [5.41, 5.74) is 15.9. The van der Waals surface area contributed by atoms with E-state index < -0.39 is 5.41 Å². The summed E-state index contributed by atoms with van der Waals surface area (Å²) < 4.78 is 12.6. The third-order valence-corrected chi connectivity index (χ3v) is 11.9. The average molecular weight is 799 g/mol. The van der Waals surface area contributed by atoms with E-state index >= 15 is 0 Å². The second-order valence-electron chi connectivity index (χ2n) is 15.9. The third kappa shape index (κ3) is 8.38. The van der Waals surface area contributed by atoms with Gasteiger partial charge in [0.05, 0.1) is 18.6 Å². The average Bonchev–Trinajstić information content (AvgIpc) is 3.59. The lowest BCUT2D eigenvalue weighted by Gasteiger charge is -2.35. The minimum atomic E-state index is -0.744. The Hall–Kier alpha value is -6.72. The lowest BCUT2D eigenvalue weighted by molar-refractivity contribution is 0.200. The van der Waals surface area contributed by atoms with Crippen LogP contribution in [0.5, 0.6) is 11.5 Å². The molecule has 9 rings (SSSR count). The van der Waals surface area contributed by atoms with Crippen LogP contribution in [0.2, 0.25) is 0 Å². The molecule has 0 saturated heterocycles. The van der Waals surface area contributed by atoms with Crippen molar-refractivity contribution in [3.8, 4) is 22.6 Å². The molecule has 0 fully saturated rings. The topological polar surface area (TPSA) is 58.9 Å². The smallest absolute Gasteiger partial charge is 0.122 e. The van der Waals surface area contributed by atoms with Gasteiger partial charge in [0.15, 0.2) is 0 Å². The molecule has 0 radical (unpaired) electrons. The number of hydrogen-bond donors (Lipinski definition) is 2. The molecule has 0 atom stereocenters. The van der Waals surface area contributed by atoms with E-state index in [4.69, 9.17) is 9.47 Å². The van der Waals surface area contributed by atoms with E-state index in [1.807, 2.05) is 12.1 Å². The molecule has 0 spiro atoms. The molecule has 302 valence electrons. The van der Waals surface area contributed by atoms with Gasteiger partial charge < -0.3 is 19.7 Å². The molecular formula is C57H50O4. The molecule has 0 aromatic heterocycles. The number of ether oxygens (including phenoxy) is 2. The van der Waals surface area contributed by atoms with Gasteiger partial charge in [0.25, 0.3) is 0 Å². The van der Waals surface area contributed by atoms with Crippen molar-refractivity contribution in [2.45, 2.75) is 31.1 Å². The van der Waals surface area contributed by atoms with Gasteiger partial charge in [-0.15, -0.1) is 0 Å². The molecule has 0 heterocycles. The van der Waals surface area contributed by atoms with Crippen LogP contribution in [0.1, 0.15) is 66.8 Å². The summed E-state index contributed by atoms with van der Waals surface area (Å²) in [6.07, 6.45) is 2.95. The molecule has 61 heavy (non-hydrogen) atoms. The molecular weight excluding hydrogens is 749 g/mol. The van der Waals surface area contributed by atoms with Crippen LogP contribution < -0.4 is 9.47 Å². The first-order valence-corrected chi connectivity index (χ1v) is 21.3. The zero-order valence-electron chi connectivity index (χ0n) is 34.3. The van der Waals surface area contributed by atoms with Crippen molar-refractivity contribution in [1.29, 1.82) is 0 Å². The van der Waals surface area contributed by atoms with Crippen molar-refractivity contribution in [3.63, 3.8) is 0 Å². The van der Waals surface area contributed by atoms with Gasteiger partial charge in [-0.25, -0.2) is 0 Å². The molecule has 4 nitrogen and oxygen atoms in total. The van der Waals surface area contributed by atoms with Crippen LogP contribution in [0, 0.1) is 0 Å². The summed E-state index contributed by atoms with van der Waals surface area (Å²) in [6.45, 7) is 0.282. The fraction of sp³-hybridized carbons (Fsp3) is 0.158. The standard InChI is InChI=1S/C57H50O4/c58-29-31-60-55-27-23-49(39-47(55)35-43-17-9-3-10-18-43)57(50-24-28-56(61-32-30-59)48(40-50)36-44-19-11-4-12-20-44)53-37-45(33-41-13-5-1-6-14-41)21-25-51(53)52-26-22-46(38-54(52)57)34-42-15-7-2-8-16-42/h1-28,37-40,58-59H,29-36H2. The Bertz CT molecular complexity index is 2520. The van der Waals surface area contributed by atoms with E-state index in [0.29, 0.717) is 12.8 Å². The van der Waals surface area contributed by atoms with Crippen LogP contribution in [-0.2, 0) is 31.1 Å². The number of aliphatic hydroxyl groups is 2. The van der Waals surface area contributed by atoms with Crippen LogP contribution in [0.15, 0.2) is 194 Å². The second kappa shape index (κ2) is 18.3. The summed E-state index contributed by atoms with van der Waals surface area (Å²) in [4.78, 5) is 0. The minimum Gasteiger partial charge on any atom is -0.491 e. The monoisotopic (exact) mass is 798 g/mol. The Kier molecular flexibility index (Phi) is 11.9. The maximum atomic E-state index is 9.87. The Morgan fingerprint density at radius 2 is 0.705 bits per heavy atom. The van der Waals surface area contributed by atoms with Gasteiger partial charge in [-0.2, -0.15) is 0 Å². The molecule has 0 saturated carbocycles. The molecule has 8 aromatic carbocycles. The molecule has 1 aliphatic rings. The SMILES string of the molecule is OCCOc1ccc(C2(c3ccc(OCCO)c(Cc4ccccc4)c3)c3cc(Cc4ccccc4)ccc3-c3ccc(Cc4ccccc4)cc32)cc1Cc1ccccc1. The lowest BCUT2D eigenvalue weighted by atomic mass is 9.66. The van der Waals surface area contributed by atoms with E-state index in [-0.39, 0.29) is 26.4 Å². The summed E-state index contributed by atoms with van der Waals surface area (Å²) >= 11 is 0. The second-order valence-corrected chi connectivity index (χ2v) is 15.9. The van der Waals surface area contributed by atoms with Gasteiger partial charge in [-0.3, -0.25) is 0 Å². The Labute approximate surface area is 359 Å². The van der Waals surface area contributed by atoms with Crippen molar-refractivity contribution in [2.24, 2.45) is 0 Å².